The molecular formula is C34H43N7O3. The second-order valence-corrected chi connectivity index (χ2v) is 14.0. The van der Waals surface area contributed by atoms with E-state index in [-0.39, 0.29) is 5.41 Å². The van der Waals surface area contributed by atoms with E-state index >= 15 is 0 Å². The molecule has 0 amide bonds. The van der Waals surface area contributed by atoms with Crippen molar-refractivity contribution in [3.05, 3.63) is 58.9 Å². The lowest BCUT2D eigenvalue weighted by Crippen LogP contribution is -2.39. The number of aromatic amines is 1. The number of piperidine rings is 1. The zero-order valence-corrected chi connectivity index (χ0v) is 26.9. The van der Waals surface area contributed by atoms with Crippen LogP contribution in [0.25, 0.3) is 22.3 Å². The van der Waals surface area contributed by atoms with Crippen LogP contribution in [0.15, 0.2) is 30.9 Å². The molecule has 10 heteroatoms. The summed E-state index contributed by atoms with van der Waals surface area (Å²) in [5.74, 6) is -0.140. The quantitative estimate of drug-likeness (QED) is 0.269. The fourth-order valence-electron chi connectivity index (χ4n) is 6.64. The topological polar surface area (TPSA) is 120 Å². The van der Waals surface area contributed by atoms with Gasteiger partial charge < -0.3 is 24.6 Å². The zero-order valence-electron chi connectivity index (χ0n) is 26.9. The number of aromatic nitrogens is 5. The Labute approximate surface area is 258 Å². The van der Waals surface area contributed by atoms with Crippen LogP contribution in [0.4, 0.5) is 11.5 Å². The Kier molecular flexibility index (Phi) is 7.60. The first-order valence-corrected chi connectivity index (χ1v) is 15.5. The number of H-pyrrole nitrogens is 1. The highest BCUT2D eigenvalue weighted by atomic mass is 16.5. The zero-order chi connectivity index (χ0) is 31.4. The number of ether oxygens (including phenoxy) is 1. The molecule has 2 aliphatic heterocycles. The van der Waals surface area contributed by atoms with Gasteiger partial charge in [-0.2, -0.15) is 0 Å². The number of hydrogen-bond acceptors (Lipinski definition) is 8. The molecule has 44 heavy (non-hydrogen) atoms. The van der Waals surface area contributed by atoms with Crippen LogP contribution in [0.2, 0.25) is 0 Å². The van der Waals surface area contributed by atoms with Crippen LogP contribution < -0.4 is 9.80 Å². The second-order valence-electron chi connectivity index (χ2n) is 14.0. The van der Waals surface area contributed by atoms with E-state index in [1.165, 1.54) is 11.1 Å². The van der Waals surface area contributed by atoms with Gasteiger partial charge in [0.25, 0.3) is 0 Å². The number of carboxylic acids is 1. The first-order valence-electron chi connectivity index (χ1n) is 15.5. The van der Waals surface area contributed by atoms with Gasteiger partial charge in [0.2, 0.25) is 0 Å². The number of anilines is 2. The van der Waals surface area contributed by atoms with Gasteiger partial charge in [-0.05, 0) is 76.0 Å². The first kappa shape index (κ1) is 30.0. The van der Waals surface area contributed by atoms with Gasteiger partial charge in [0.05, 0.1) is 17.6 Å². The molecule has 0 aliphatic carbocycles. The Balaban J connectivity index is 1.44. The minimum Gasteiger partial charge on any atom is -0.479 e. The maximum Gasteiger partial charge on any atom is 0.337 e. The summed E-state index contributed by atoms with van der Waals surface area (Å²) in [6.45, 7) is 17.5. The number of hydrogen-bond donors (Lipinski definition) is 2. The molecule has 10 nitrogen and oxygen atoms in total. The predicted octanol–water partition coefficient (Wildman–Crippen LogP) is 6.16. The van der Waals surface area contributed by atoms with Crippen LogP contribution >= 0.6 is 0 Å². The van der Waals surface area contributed by atoms with Crippen molar-refractivity contribution in [3.8, 4) is 11.1 Å². The van der Waals surface area contributed by atoms with E-state index in [1.807, 2.05) is 34.6 Å². The van der Waals surface area contributed by atoms with Gasteiger partial charge in [-0.1, -0.05) is 32.0 Å². The van der Waals surface area contributed by atoms with E-state index in [0.29, 0.717) is 16.9 Å². The number of rotatable bonds is 6. The SMILES string of the molecule is Cc1nc(C)c(C(OC(C)(C)C)C(=O)O)c(N2CCC(C)(C)CC2)c1-c1ccc2c(c1)CCN(c1ncnc3nc[nH]c13)C2. The molecule has 0 saturated carbocycles. The summed E-state index contributed by atoms with van der Waals surface area (Å²) in [4.78, 5) is 38.7. The summed E-state index contributed by atoms with van der Waals surface area (Å²) in [6, 6.07) is 6.64. The van der Waals surface area contributed by atoms with Gasteiger partial charge in [0.15, 0.2) is 17.6 Å². The van der Waals surface area contributed by atoms with Crippen LogP contribution in [0.1, 0.15) is 81.6 Å². The fourth-order valence-corrected chi connectivity index (χ4v) is 6.64. The highest BCUT2D eigenvalue weighted by molar-refractivity contribution is 5.88. The number of nitrogens with zero attached hydrogens (tertiary/aromatic N) is 6. The predicted molar refractivity (Wildman–Crippen MR) is 172 cm³/mol. The largest absolute Gasteiger partial charge is 0.479 e. The molecule has 1 atom stereocenters. The van der Waals surface area contributed by atoms with Crippen LogP contribution in [0, 0.1) is 19.3 Å². The summed E-state index contributed by atoms with van der Waals surface area (Å²) in [6.07, 6.45) is 4.99. The number of aliphatic carboxylic acids is 1. The van der Waals surface area contributed by atoms with Gasteiger partial charge >= 0.3 is 5.97 Å². The maximum atomic E-state index is 12.8. The fraction of sp³-hybridized carbons (Fsp3) is 0.500. The number of carboxylic acid groups (broad SMARTS) is 1. The molecule has 1 aromatic carbocycles. The Morgan fingerprint density at radius 2 is 1.77 bits per heavy atom. The molecule has 0 spiro atoms. The highest BCUT2D eigenvalue weighted by Gasteiger charge is 2.36. The van der Waals surface area contributed by atoms with Gasteiger partial charge in [0, 0.05) is 48.7 Å². The minimum absolute atomic E-state index is 0.241. The lowest BCUT2D eigenvalue weighted by atomic mass is 9.81. The van der Waals surface area contributed by atoms with Crippen molar-refractivity contribution >= 4 is 28.6 Å². The molecule has 4 aromatic rings. The van der Waals surface area contributed by atoms with E-state index in [4.69, 9.17) is 9.72 Å². The summed E-state index contributed by atoms with van der Waals surface area (Å²) in [5.41, 5.74) is 8.88. The molecule has 1 unspecified atom stereocenters. The van der Waals surface area contributed by atoms with Crippen molar-refractivity contribution in [2.24, 2.45) is 5.41 Å². The van der Waals surface area contributed by atoms with E-state index < -0.39 is 17.7 Å². The molecule has 1 saturated heterocycles. The molecule has 232 valence electrons. The van der Waals surface area contributed by atoms with Gasteiger partial charge in [-0.15, -0.1) is 0 Å². The van der Waals surface area contributed by atoms with Gasteiger partial charge in [-0.3, -0.25) is 4.98 Å². The Morgan fingerprint density at radius 1 is 1.02 bits per heavy atom. The van der Waals surface area contributed by atoms with Crippen molar-refractivity contribution in [2.75, 3.05) is 29.4 Å². The van der Waals surface area contributed by atoms with Gasteiger partial charge in [-0.25, -0.2) is 19.7 Å². The van der Waals surface area contributed by atoms with Crippen LogP contribution in [0.5, 0.6) is 0 Å². The molecular weight excluding hydrogens is 554 g/mol. The number of fused-ring (bicyclic) bond motifs is 2. The maximum absolute atomic E-state index is 12.8. The number of imidazole rings is 1. The highest BCUT2D eigenvalue weighted by Crippen LogP contribution is 2.45. The monoisotopic (exact) mass is 597 g/mol. The summed E-state index contributed by atoms with van der Waals surface area (Å²) < 4.78 is 6.25. The van der Waals surface area contributed by atoms with Gasteiger partial charge in [0.1, 0.15) is 11.8 Å². The summed E-state index contributed by atoms with van der Waals surface area (Å²) in [5, 5.41) is 10.5. The molecule has 2 N–H and O–H groups in total. The number of aryl methyl sites for hydroxylation is 2. The molecule has 3 aromatic heterocycles. The van der Waals surface area contributed by atoms with Crippen LogP contribution in [-0.4, -0.2) is 61.2 Å². The van der Waals surface area contributed by atoms with E-state index in [9.17, 15) is 9.90 Å². The average Bonchev–Trinajstić information content (AvgIpc) is 3.44. The van der Waals surface area contributed by atoms with Crippen molar-refractivity contribution in [2.45, 2.75) is 86.0 Å². The van der Waals surface area contributed by atoms with Crippen LogP contribution in [-0.2, 0) is 22.5 Å². The molecule has 6 rings (SSSR count). The van der Waals surface area contributed by atoms with Crippen molar-refractivity contribution < 1.29 is 14.6 Å². The van der Waals surface area contributed by atoms with Crippen molar-refractivity contribution in [3.63, 3.8) is 0 Å². The van der Waals surface area contributed by atoms with E-state index in [1.54, 1.807) is 12.7 Å². The standard InChI is InChI=1S/C34H43N7O3/c1-20-25(23-8-9-24-17-41(13-10-22(24)16-23)31-27-30(36-18-35-27)37-19-38-31)28(40-14-11-34(6,7)12-15-40)26(21(2)39-20)29(32(42)43)44-33(3,4)5/h8-9,16,18-19,29H,10-15,17H2,1-7H3,(H,42,43)(H,35,36,37,38). The molecule has 1 fully saturated rings. The lowest BCUT2D eigenvalue weighted by molar-refractivity contribution is -0.160. The minimum atomic E-state index is -1.13. The Bertz CT molecular complexity index is 1710. The first-order chi connectivity index (χ1) is 20.8. The number of nitrogens with one attached hydrogen (secondary N) is 1. The lowest BCUT2D eigenvalue weighted by Gasteiger charge is -2.41. The average molecular weight is 598 g/mol. The molecule has 2 aliphatic rings. The number of pyridine rings is 1. The third kappa shape index (κ3) is 5.75. The molecule has 5 heterocycles. The summed E-state index contributed by atoms with van der Waals surface area (Å²) >= 11 is 0. The Morgan fingerprint density at radius 3 is 2.48 bits per heavy atom. The molecule has 0 radical (unpaired) electrons. The smallest absolute Gasteiger partial charge is 0.337 e. The van der Waals surface area contributed by atoms with Crippen molar-refractivity contribution in [1.82, 2.24) is 24.9 Å². The number of benzene rings is 1. The number of carbonyl (C=O) groups is 1. The third-order valence-electron chi connectivity index (χ3n) is 8.98. The summed E-state index contributed by atoms with van der Waals surface area (Å²) in [7, 11) is 0. The Hall–Kier alpha value is -4.05. The van der Waals surface area contributed by atoms with Crippen molar-refractivity contribution in [1.29, 1.82) is 0 Å². The third-order valence-corrected chi connectivity index (χ3v) is 8.98. The van der Waals surface area contributed by atoms with E-state index in [2.05, 4.69) is 61.8 Å². The molecule has 0 bridgehead atoms. The normalized spacial score (nSPS) is 17.5. The van der Waals surface area contributed by atoms with E-state index in [0.717, 1.165) is 79.3 Å². The second kappa shape index (κ2) is 11.1. The van der Waals surface area contributed by atoms with Crippen LogP contribution in [0.3, 0.4) is 0 Å².